The van der Waals surface area contributed by atoms with Crippen molar-refractivity contribution in [2.75, 3.05) is 0 Å². The van der Waals surface area contributed by atoms with Crippen LogP contribution in [0.5, 0.6) is 0 Å². The molecule has 0 saturated heterocycles. The summed E-state index contributed by atoms with van der Waals surface area (Å²) < 4.78 is 41.1. The lowest BCUT2D eigenvalue weighted by Gasteiger charge is -2.06. The molecular weight excluding hydrogens is 207 g/mol. The van der Waals surface area contributed by atoms with Crippen LogP contribution in [0.25, 0.3) is 11.3 Å². The molecule has 0 atom stereocenters. The zero-order chi connectivity index (χ0) is 10.9. The highest BCUT2D eigenvalue weighted by Gasteiger charge is 2.29. The number of hydrogen-bond donors (Lipinski definition) is 0. The third-order valence-corrected chi connectivity index (χ3v) is 1.90. The van der Waals surface area contributed by atoms with Crippen molar-refractivity contribution in [1.82, 2.24) is 5.16 Å². The number of hydrogen-bond acceptors (Lipinski definition) is 2. The van der Waals surface area contributed by atoms with Gasteiger partial charge in [-0.2, -0.15) is 13.2 Å². The van der Waals surface area contributed by atoms with E-state index in [-0.39, 0.29) is 0 Å². The fourth-order valence-electron chi connectivity index (χ4n) is 1.15. The predicted octanol–water partition coefficient (Wildman–Crippen LogP) is 3.16. The van der Waals surface area contributed by atoms with Crippen LogP contribution < -0.4 is 0 Å². The highest BCUT2D eigenvalue weighted by atomic mass is 19.4. The Balaban J connectivity index is 2.33. The average molecular weight is 212 g/mol. The van der Waals surface area contributed by atoms with Gasteiger partial charge in [-0.1, -0.05) is 17.3 Å². The van der Waals surface area contributed by atoms with Gasteiger partial charge in [0, 0.05) is 11.6 Å². The second-order valence-electron chi connectivity index (χ2n) is 2.91. The molecule has 2 rings (SSSR count). The second kappa shape index (κ2) is 3.42. The number of aromatic nitrogens is 1. The van der Waals surface area contributed by atoms with Crippen LogP contribution in [0.4, 0.5) is 13.2 Å². The Kier molecular flexibility index (Phi) is 2.22. The van der Waals surface area contributed by atoms with Crippen molar-refractivity contribution in [3.8, 4) is 11.3 Å². The van der Waals surface area contributed by atoms with E-state index < -0.39 is 11.7 Å². The summed E-state index contributed by atoms with van der Waals surface area (Å²) in [5, 5.41) is 3.57. The summed E-state index contributed by atoms with van der Waals surface area (Å²) in [6.07, 6.45) is -1.95. The van der Waals surface area contributed by atoms with Crippen LogP contribution >= 0.6 is 0 Å². The average Bonchev–Trinajstić information content (AvgIpc) is 2.69. The summed E-state index contributed by atoms with van der Waals surface area (Å²) in [6.45, 7) is 0. The van der Waals surface area contributed by atoms with Crippen LogP contribution in [0.1, 0.15) is 5.56 Å². The number of rotatable bonds is 1. The van der Waals surface area contributed by atoms with Crippen LogP contribution in [-0.2, 0) is 6.18 Å². The van der Waals surface area contributed by atoms with Crippen LogP contribution in [0.3, 0.4) is 0 Å². The fourth-order valence-corrected chi connectivity index (χ4v) is 1.15. The van der Waals surface area contributed by atoms with Crippen molar-refractivity contribution in [1.29, 1.82) is 0 Å². The summed E-state index contributed by atoms with van der Waals surface area (Å²) >= 11 is 0. The first-order valence-corrected chi connectivity index (χ1v) is 4.08. The standard InChI is InChI=1S/C10H5F3NO/c11-10(12,13)8-3-1-7(2-4-8)9-5-6-15-14-9/h1-5H. The molecule has 0 N–H and O–H groups in total. The molecule has 0 aliphatic heterocycles. The largest absolute Gasteiger partial charge is 0.416 e. The van der Waals surface area contributed by atoms with Gasteiger partial charge in [0.1, 0.15) is 5.69 Å². The third kappa shape index (κ3) is 2.01. The molecule has 0 aliphatic rings. The van der Waals surface area contributed by atoms with E-state index in [9.17, 15) is 13.2 Å². The van der Waals surface area contributed by atoms with Crippen molar-refractivity contribution in [3.63, 3.8) is 0 Å². The van der Waals surface area contributed by atoms with Gasteiger partial charge in [0.15, 0.2) is 0 Å². The molecule has 5 heteroatoms. The minimum atomic E-state index is -4.31. The van der Waals surface area contributed by atoms with Gasteiger partial charge in [-0.15, -0.1) is 0 Å². The highest BCUT2D eigenvalue weighted by molar-refractivity contribution is 5.58. The quantitative estimate of drug-likeness (QED) is 0.725. The number of halogens is 3. The molecular formula is C10H5F3NO. The SMILES string of the molecule is FC(F)(F)c1ccc(-c2c[c]on2)cc1. The van der Waals surface area contributed by atoms with E-state index in [4.69, 9.17) is 0 Å². The van der Waals surface area contributed by atoms with E-state index in [0.717, 1.165) is 12.1 Å². The molecule has 0 spiro atoms. The molecule has 0 fully saturated rings. The van der Waals surface area contributed by atoms with Crippen LogP contribution in [-0.4, -0.2) is 5.16 Å². The topological polar surface area (TPSA) is 26.0 Å². The third-order valence-electron chi connectivity index (χ3n) is 1.90. The van der Waals surface area contributed by atoms with Gasteiger partial charge in [0.25, 0.3) is 0 Å². The Hall–Kier alpha value is -1.78. The molecule has 2 aromatic rings. The van der Waals surface area contributed by atoms with Crippen molar-refractivity contribution in [3.05, 3.63) is 42.2 Å². The highest BCUT2D eigenvalue weighted by Crippen LogP contribution is 2.30. The van der Waals surface area contributed by atoms with Crippen molar-refractivity contribution < 1.29 is 17.7 Å². The molecule has 1 aromatic carbocycles. The molecule has 0 aliphatic carbocycles. The van der Waals surface area contributed by atoms with E-state index in [1.165, 1.54) is 18.2 Å². The monoisotopic (exact) mass is 212 g/mol. The van der Waals surface area contributed by atoms with E-state index in [1.54, 1.807) is 0 Å². The Morgan fingerprint density at radius 2 is 1.80 bits per heavy atom. The first-order chi connectivity index (χ1) is 7.07. The van der Waals surface area contributed by atoms with Gasteiger partial charge >= 0.3 is 6.18 Å². The lowest BCUT2D eigenvalue weighted by atomic mass is 10.1. The van der Waals surface area contributed by atoms with E-state index in [0.29, 0.717) is 11.3 Å². The normalized spacial score (nSPS) is 11.7. The fraction of sp³-hybridized carbons (Fsp3) is 0.100. The van der Waals surface area contributed by atoms with Crippen LogP contribution in [0.15, 0.2) is 34.9 Å². The van der Waals surface area contributed by atoms with Crippen molar-refractivity contribution >= 4 is 0 Å². The lowest BCUT2D eigenvalue weighted by molar-refractivity contribution is -0.137. The Bertz CT molecular complexity index is 431. The summed E-state index contributed by atoms with van der Waals surface area (Å²) in [5.74, 6) is 0. The van der Waals surface area contributed by atoms with E-state index >= 15 is 0 Å². The van der Waals surface area contributed by atoms with Crippen LogP contribution in [0.2, 0.25) is 0 Å². The Labute approximate surface area is 83.3 Å². The zero-order valence-corrected chi connectivity index (χ0v) is 7.38. The second-order valence-corrected chi connectivity index (χ2v) is 2.91. The molecule has 77 valence electrons. The van der Waals surface area contributed by atoms with Gasteiger partial charge in [-0.3, -0.25) is 0 Å². The number of alkyl halides is 3. The van der Waals surface area contributed by atoms with E-state index in [2.05, 4.69) is 15.9 Å². The summed E-state index contributed by atoms with van der Waals surface area (Å²) in [6, 6.07) is 6.15. The van der Waals surface area contributed by atoms with Gasteiger partial charge in [0.2, 0.25) is 6.26 Å². The van der Waals surface area contributed by atoms with Crippen molar-refractivity contribution in [2.45, 2.75) is 6.18 Å². The lowest BCUT2D eigenvalue weighted by Crippen LogP contribution is -2.03. The molecule has 0 saturated carbocycles. The molecule has 2 nitrogen and oxygen atoms in total. The van der Waals surface area contributed by atoms with Crippen molar-refractivity contribution in [2.24, 2.45) is 0 Å². The molecule has 1 aromatic heterocycles. The summed E-state index contributed by atoms with van der Waals surface area (Å²) in [7, 11) is 0. The summed E-state index contributed by atoms with van der Waals surface area (Å²) in [5.41, 5.74) is 0.343. The maximum absolute atomic E-state index is 12.2. The minimum absolute atomic E-state index is 0.462. The van der Waals surface area contributed by atoms with Gasteiger partial charge in [-0.05, 0) is 12.1 Å². The molecule has 1 radical (unpaired) electrons. The zero-order valence-electron chi connectivity index (χ0n) is 7.38. The molecule has 15 heavy (non-hydrogen) atoms. The number of nitrogens with zero attached hydrogens (tertiary/aromatic N) is 1. The smallest absolute Gasteiger partial charge is 0.352 e. The first kappa shape index (κ1) is 9.76. The molecule has 0 amide bonds. The maximum Gasteiger partial charge on any atom is 0.416 e. The molecule has 0 unspecified atom stereocenters. The Morgan fingerprint density at radius 1 is 1.13 bits per heavy atom. The first-order valence-electron chi connectivity index (χ1n) is 4.08. The maximum atomic E-state index is 12.2. The van der Waals surface area contributed by atoms with E-state index in [1.807, 2.05) is 0 Å². The van der Waals surface area contributed by atoms with Crippen LogP contribution in [0, 0.1) is 6.26 Å². The summed E-state index contributed by atoms with van der Waals surface area (Å²) in [4.78, 5) is 0. The minimum Gasteiger partial charge on any atom is -0.352 e. The van der Waals surface area contributed by atoms with Gasteiger partial charge in [-0.25, -0.2) is 0 Å². The Morgan fingerprint density at radius 3 is 2.27 bits per heavy atom. The molecule has 1 heterocycles. The van der Waals surface area contributed by atoms with Gasteiger partial charge < -0.3 is 4.52 Å². The predicted molar refractivity (Wildman–Crippen MR) is 45.8 cm³/mol. The molecule has 0 bridgehead atoms. The number of benzene rings is 1. The van der Waals surface area contributed by atoms with Gasteiger partial charge in [0.05, 0.1) is 5.56 Å².